The van der Waals surface area contributed by atoms with E-state index in [0.717, 1.165) is 29.7 Å². The molecular weight excluding hydrogens is 433 g/mol. The lowest BCUT2D eigenvalue weighted by Crippen LogP contribution is -2.39. The van der Waals surface area contributed by atoms with E-state index in [4.69, 9.17) is 14.2 Å². The Bertz CT molecular complexity index is 1170. The van der Waals surface area contributed by atoms with Crippen molar-refractivity contribution in [2.45, 2.75) is 57.2 Å². The summed E-state index contributed by atoms with van der Waals surface area (Å²) in [4.78, 5) is 21.0. The fourth-order valence-electron chi connectivity index (χ4n) is 3.78. The fourth-order valence-corrected chi connectivity index (χ4v) is 3.78. The number of aromatic nitrogens is 5. The Hall–Kier alpha value is -3.25. The summed E-state index contributed by atoms with van der Waals surface area (Å²) in [7, 11) is 1.61. The van der Waals surface area contributed by atoms with Gasteiger partial charge in [0, 0.05) is 36.7 Å². The number of carbonyl (C=O) groups excluding carboxylic acids is 1. The van der Waals surface area contributed by atoms with E-state index in [1.165, 1.54) is 0 Å². The predicted molar refractivity (Wildman–Crippen MR) is 115 cm³/mol. The number of ether oxygens (including phenoxy) is 3. The zero-order valence-corrected chi connectivity index (χ0v) is 18.6. The number of fused-ring (bicyclic) bond motifs is 1. The van der Waals surface area contributed by atoms with Gasteiger partial charge in [0.2, 0.25) is 5.95 Å². The number of imidazole rings is 1. The van der Waals surface area contributed by atoms with Gasteiger partial charge in [-0.05, 0) is 26.7 Å². The van der Waals surface area contributed by atoms with Crippen LogP contribution in [-0.2, 0) is 20.8 Å². The highest BCUT2D eigenvalue weighted by atomic mass is 19.1. The number of amides is 1. The molecule has 0 unspecified atom stereocenters. The number of aryl methyl sites for hydroxylation is 1. The molecule has 1 aliphatic carbocycles. The number of aromatic amines is 1. The van der Waals surface area contributed by atoms with E-state index in [1.54, 1.807) is 19.4 Å². The van der Waals surface area contributed by atoms with Crippen molar-refractivity contribution in [2.24, 2.45) is 0 Å². The molecule has 1 saturated carbocycles. The van der Waals surface area contributed by atoms with Crippen LogP contribution in [0.4, 0.5) is 21.0 Å². The Morgan fingerprint density at radius 3 is 3.03 bits per heavy atom. The number of nitrogens with one attached hydrogen (secondary N) is 3. The highest BCUT2D eigenvalue weighted by Gasteiger charge is 2.44. The molecule has 11 nitrogen and oxygen atoms in total. The summed E-state index contributed by atoms with van der Waals surface area (Å²) in [6.45, 7) is 4.19. The Morgan fingerprint density at radius 2 is 2.27 bits per heavy atom. The van der Waals surface area contributed by atoms with Crippen LogP contribution in [0.2, 0.25) is 0 Å². The second-order valence-electron chi connectivity index (χ2n) is 8.78. The van der Waals surface area contributed by atoms with Crippen LogP contribution < -0.4 is 10.6 Å². The van der Waals surface area contributed by atoms with Gasteiger partial charge in [0.1, 0.15) is 11.8 Å². The molecule has 3 aromatic heterocycles. The van der Waals surface area contributed by atoms with Crippen molar-refractivity contribution >= 4 is 23.5 Å². The van der Waals surface area contributed by atoms with Gasteiger partial charge in [0.05, 0.1) is 24.6 Å². The maximum atomic E-state index is 15.0. The van der Waals surface area contributed by atoms with Crippen LogP contribution in [0.1, 0.15) is 42.8 Å². The van der Waals surface area contributed by atoms with Crippen LogP contribution in [0, 0.1) is 6.92 Å². The smallest absolute Gasteiger partial charge is 0.408 e. The number of alkyl halides is 1. The first-order valence-electron chi connectivity index (χ1n) is 10.7. The minimum atomic E-state index is -1.52. The first-order valence-corrected chi connectivity index (χ1v) is 10.7. The van der Waals surface area contributed by atoms with Crippen molar-refractivity contribution in [2.75, 3.05) is 19.0 Å². The van der Waals surface area contributed by atoms with Crippen LogP contribution in [0.3, 0.4) is 0 Å². The van der Waals surface area contributed by atoms with Crippen LogP contribution >= 0.6 is 0 Å². The van der Waals surface area contributed by atoms with Crippen molar-refractivity contribution in [1.82, 2.24) is 29.9 Å². The van der Waals surface area contributed by atoms with Gasteiger partial charge >= 0.3 is 6.09 Å². The fraction of sp³-hybridized carbons (Fsp3) is 0.524. The van der Waals surface area contributed by atoms with Crippen LogP contribution in [-0.4, -0.2) is 62.2 Å². The molecule has 2 aliphatic rings. The van der Waals surface area contributed by atoms with Gasteiger partial charge in [-0.25, -0.2) is 19.2 Å². The van der Waals surface area contributed by atoms with E-state index in [1.807, 2.05) is 24.4 Å². The minimum Gasteiger partial charge on any atom is -0.441 e. The van der Waals surface area contributed by atoms with Gasteiger partial charge in [-0.15, -0.1) is 0 Å². The molecule has 12 heteroatoms. The molecule has 3 atom stereocenters. The summed E-state index contributed by atoms with van der Waals surface area (Å²) >= 11 is 0. The molecule has 4 heterocycles. The summed E-state index contributed by atoms with van der Waals surface area (Å²) in [5, 5.41) is 12.9. The molecule has 3 N–H and O–H groups in total. The number of alkyl carbamates (subject to hydrolysis) is 1. The van der Waals surface area contributed by atoms with E-state index in [9.17, 15) is 9.18 Å². The first-order chi connectivity index (χ1) is 15.8. The van der Waals surface area contributed by atoms with Gasteiger partial charge < -0.3 is 24.8 Å². The molecule has 176 valence electrons. The largest absolute Gasteiger partial charge is 0.441 e. The molecule has 5 rings (SSSR count). The molecule has 33 heavy (non-hydrogen) atoms. The Morgan fingerprint density at radius 1 is 1.45 bits per heavy atom. The molecule has 3 aromatic rings. The standard InChI is InChI=1S/C21H26FN7O4/c1-11-7-23-19(29-8-12(9-31-3)24-18(11)29)25-15-6-13(27-28-15)17-16(22)14(10-32-17)33-20(30)26-21(2)4-5-21/h6-8,14,16-17H,4-5,9-10H2,1-3H3,(H,26,30)(H2,23,25,27,28)/t14-,16-,17-/m1/s1. The van der Waals surface area contributed by atoms with Crippen LogP contribution in [0.15, 0.2) is 18.5 Å². The van der Waals surface area contributed by atoms with Crippen LogP contribution in [0.25, 0.3) is 5.65 Å². The van der Waals surface area contributed by atoms with E-state index >= 15 is 0 Å². The van der Waals surface area contributed by atoms with Gasteiger partial charge in [-0.3, -0.25) is 9.50 Å². The molecular formula is C21H26FN7O4. The zero-order chi connectivity index (χ0) is 23.2. The lowest BCUT2D eigenvalue weighted by Gasteiger charge is -2.17. The van der Waals surface area contributed by atoms with E-state index < -0.39 is 24.5 Å². The Balaban J connectivity index is 1.27. The molecule has 0 spiro atoms. The first kappa shape index (κ1) is 21.6. The predicted octanol–water partition coefficient (Wildman–Crippen LogP) is 2.71. The minimum absolute atomic E-state index is 0.0325. The van der Waals surface area contributed by atoms with E-state index in [-0.39, 0.29) is 12.1 Å². The van der Waals surface area contributed by atoms with Crippen molar-refractivity contribution in [3.8, 4) is 0 Å². The zero-order valence-electron chi connectivity index (χ0n) is 18.6. The summed E-state index contributed by atoms with van der Waals surface area (Å²) in [6, 6.07) is 1.64. The number of nitrogens with zero attached hydrogens (tertiary/aromatic N) is 4. The number of methoxy groups -OCH3 is 1. The third-order valence-electron chi connectivity index (χ3n) is 5.90. The van der Waals surface area contributed by atoms with E-state index in [2.05, 4.69) is 30.8 Å². The number of rotatable bonds is 7. The molecule has 2 fully saturated rings. The number of hydrogen-bond donors (Lipinski definition) is 3. The molecule has 0 bridgehead atoms. The monoisotopic (exact) mass is 459 g/mol. The van der Waals surface area contributed by atoms with E-state index in [0.29, 0.717) is 24.1 Å². The highest BCUT2D eigenvalue weighted by Crippen LogP contribution is 2.36. The number of carbonyl (C=O) groups is 1. The van der Waals surface area contributed by atoms with Gasteiger partial charge in [-0.2, -0.15) is 5.10 Å². The summed E-state index contributed by atoms with van der Waals surface area (Å²) in [6.07, 6.45) is 1.28. The highest BCUT2D eigenvalue weighted by molar-refractivity contribution is 5.69. The number of anilines is 2. The van der Waals surface area contributed by atoms with Crippen LogP contribution in [0.5, 0.6) is 0 Å². The second kappa shape index (κ2) is 8.27. The summed E-state index contributed by atoms with van der Waals surface area (Å²) in [5.74, 6) is 0.934. The molecule has 0 aromatic carbocycles. The third-order valence-corrected chi connectivity index (χ3v) is 5.90. The maximum absolute atomic E-state index is 15.0. The third kappa shape index (κ3) is 4.35. The summed E-state index contributed by atoms with van der Waals surface area (Å²) in [5.41, 5.74) is 2.62. The molecule has 1 saturated heterocycles. The normalized spacial score (nSPS) is 23.6. The van der Waals surface area contributed by atoms with Gasteiger partial charge in [0.25, 0.3) is 0 Å². The number of H-pyrrole nitrogens is 1. The van der Waals surface area contributed by atoms with Crippen molar-refractivity contribution < 1.29 is 23.4 Å². The average Bonchev–Trinajstić information content (AvgIpc) is 3.15. The van der Waals surface area contributed by atoms with Crippen molar-refractivity contribution in [3.05, 3.63) is 35.4 Å². The lowest BCUT2D eigenvalue weighted by molar-refractivity contribution is 0.0604. The van der Waals surface area contributed by atoms with Crippen molar-refractivity contribution in [1.29, 1.82) is 0 Å². The lowest BCUT2D eigenvalue weighted by atomic mass is 10.1. The van der Waals surface area contributed by atoms with Crippen molar-refractivity contribution in [3.63, 3.8) is 0 Å². The quantitative estimate of drug-likeness (QED) is 0.492. The average molecular weight is 459 g/mol. The topological polar surface area (TPSA) is 128 Å². The number of hydrogen-bond acceptors (Lipinski definition) is 8. The maximum Gasteiger partial charge on any atom is 0.408 e. The second-order valence-corrected chi connectivity index (χ2v) is 8.78. The molecule has 1 amide bonds. The summed E-state index contributed by atoms with van der Waals surface area (Å²) < 4.78 is 32.8. The molecule has 1 aliphatic heterocycles. The molecule has 0 radical (unpaired) electrons. The van der Waals surface area contributed by atoms with Gasteiger partial charge in [0.15, 0.2) is 18.1 Å². The Kier molecular flexibility index (Phi) is 5.41. The SMILES string of the molecule is COCc1cn2c(Nc3cc([C@H]4OC[C@@H](OC(=O)NC5(C)CC5)[C@H]4F)[nH]n3)ncc(C)c2n1. The number of halogens is 1. The Labute approximate surface area is 189 Å². The van der Waals surface area contributed by atoms with Gasteiger partial charge in [-0.1, -0.05) is 0 Å².